The minimum atomic E-state index is 0.901. The first kappa shape index (κ1) is 13.0. The van der Waals surface area contributed by atoms with Gasteiger partial charge in [0.1, 0.15) is 10.7 Å². The van der Waals surface area contributed by atoms with Gasteiger partial charge in [0.15, 0.2) is 0 Å². The molecule has 0 aromatic carbocycles. The van der Waals surface area contributed by atoms with Crippen molar-refractivity contribution in [1.82, 2.24) is 14.5 Å². The molecule has 0 bridgehead atoms. The Morgan fingerprint density at radius 1 is 1.47 bits per heavy atom. The summed E-state index contributed by atoms with van der Waals surface area (Å²) < 4.78 is 4.08. The summed E-state index contributed by atoms with van der Waals surface area (Å²) in [5.41, 5.74) is 2.58. The molecule has 1 aliphatic heterocycles. The summed E-state index contributed by atoms with van der Waals surface area (Å²) in [5, 5.41) is 11.0. The summed E-state index contributed by atoms with van der Waals surface area (Å²) in [4.78, 5) is 4.01. The largest absolute Gasteiger partial charge is 0.374 e. The zero-order valence-electron chi connectivity index (χ0n) is 11.1. The number of hydrogen-bond acceptors (Lipinski definition) is 6. The molecule has 3 heterocycles. The van der Waals surface area contributed by atoms with Crippen molar-refractivity contribution in [2.24, 2.45) is 0 Å². The number of thiophene rings is 1. The molecule has 19 heavy (non-hydrogen) atoms. The topological polar surface area (TPSA) is 41.1 Å². The van der Waals surface area contributed by atoms with Gasteiger partial charge in [-0.15, -0.1) is 16.4 Å². The molecule has 0 saturated heterocycles. The Morgan fingerprint density at radius 2 is 2.42 bits per heavy atom. The van der Waals surface area contributed by atoms with Crippen LogP contribution in [-0.4, -0.2) is 27.6 Å². The maximum atomic E-state index is 4.27. The highest BCUT2D eigenvalue weighted by Gasteiger charge is 2.19. The molecule has 0 spiro atoms. The first-order chi connectivity index (χ1) is 9.36. The normalized spacial score (nSPS) is 15.4. The van der Waals surface area contributed by atoms with Crippen LogP contribution in [0.15, 0.2) is 11.4 Å². The van der Waals surface area contributed by atoms with Gasteiger partial charge in [0.2, 0.25) is 0 Å². The van der Waals surface area contributed by atoms with Crippen LogP contribution in [0.5, 0.6) is 0 Å². The maximum absolute atomic E-state index is 4.27. The van der Waals surface area contributed by atoms with Crippen LogP contribution in [0.4, 0.5) is 5.00 Å². The maximum Gasteiger partial charge on any atom is 0.134 e. The van der Waals surface area contributed by atoms with Crippen LogP contribution >= 0.6 is 22.9 Å². The molecule has 1 N–H and O–H groups in total. The summed E-state index contributed by atoms with van der Waals surface area (Å²) in [5.74, 6) is 0. The highest BCUT2D eigenvalue weighted by atomic mass is 32.1. The van der Waals surface area contributed by atoms with Crippen LogP contribution in [0.2, 0.25) is 0 Å². The number of anilines is 1. The van der Waals surface area contributed by atoms with Crippen LogP contribution in [0.3, 0.4) is 0 Å². The predicted octanol–water partition coefficient (Wildman–Crippen LogP) is 2.98. The third-order valence-corrected chi connectivity index (χ3v) is 5.10. The van der Waals surface area contributed by atoms with E-state index in [0.29, 0.717) is 0 Å². The van der Waals surface area contributed by atoms with E-state index < -0.39 is 0 Å². The van der Waals surface area contributed by atoms with Gasteiger partial charge in [-0.05, 0) is 29.9 Å². The van der Waals surface area contributed by atoms with Gasteiger partial charge in [0.05, 0.1) is 0 Å². The van der Waals surface area contributed by atoms with E-state index in [1.807, 2.05) is 11.3 Å². The number of rotatable bonds is 5. The van der Waals surface area contributed by atoms with Gasteiger partial charge in [-0.2, -0.15) is 0 Å². The Balaban J connectivity index is 1.64. The molecule has 0 amide bonds. The minimum absolute atomic E-state index is 0.901. The van der Waals surface area contributed by atoms with Gasteiger partial charge in [0, 0.05) is 42.6 Å². The fraction of sp³-hybridized carbons (Fsp3) is 0.538. The molecule has 1 aliphatic rings. The molecule has 102 valence electrons. The first-order valence-electron chi connectivity index (χ1n) is 6.69. The Labute approximate surface area is 121 Å². The number of hydrogen-bond donors (Lipinski definition) is 1. The monoisotopic (exact) mass is 294 g/mol. The summed E-state index contributed by atoms with van der Waals surface area (Å²) in [6, 6.07) is 2.25. The SMILES string of the molecule is CCCNc1snnc1CN1CCc2sccc2C1. The molecule has 2 aromatic rings. The molecule has 6 heteroatoms. The van der Waals surface area contributed by atoms with E-state index in [2.05, 4.69) is 38.2 Å². The van der Waals surface area contributed by atoms with Crippen LogP contribution in [0.1, 0.15) is 29.5 Å². The molecule has 0 radical (unpaired) electrons. The molecule has 0 saturated carbocycles. The van der Waals surface area contributed by atoms with Crippen molar-refractivity contribution in [2.45, 2.75) is 32.9 Å². The van der Waals surface area contributed by atoms with Gasteiger partial charge in [0.25, 0.3) is 0 Å². The standard InChI is InChI=1S/C13H18N4S2/c1-2-5-14-13-11(15-16-19-13)9-17-6-3-12-10(8-17)4-7-18-12/h4,7,14H,2-3,5-6,8-9H2,1H3. The van der Waals surface area contributed by atoms with Crippen LogP contribution in [0, 0.1) is 0 Å². The molecule has 2 aromatic heterocycles. The van der Waals surface area contributed by atoms with E-state index in [-0.39, 0.29) is 0 Å². The van der Waals surface area contributed by atoms with Crippen molar-refractivity contribution < 1.29 is 0 Å². The smallest absolute Gasteiger partial charge is 0.134 e. The zero-order chi connectivity index (χ0) is 13.1. The van der Waals surface area contributed by atoms with Crippen molar-refractivity contribution in [1.29, 1.82) is 0 Å². The van der Waals surface area contributed by atoms with E-state index in [1.165, 1.54) is 23.5 Å². The Morgan fingerprint density at radius 3 is 3.32 bits per heavy atom. The third-order valence-electron chi connectivity index (χ3n) is 3.35. The quantitative estimate of drug-likeness (QED) is 0.920. The molecule has 0 unspecified atom stereocenters. The van der Waals surface area contributed by atoms with Crippen LogP contribution in [-0.2, 0) is 19.5 Å². The second-order valence-corrected chi connectivity index (χ2v) is 6.56. The van der Waals surface area contributed by atoms with Crippen molar-refractivity contribution in [3.63, 3.8) is 0 Å². The lowest BCUT2D eigenvalue weighted by Gasteiger charge is -2.26. The molecule has 0 aliphatic carbocycles. The summed E-state index contributed by atoms with van der Waals surface area (Å²) in [6.07, 6.45) is 2.29. The molecular formula is C13H18N4S2. The van der Waals surface area contributed by atoms with E-state index in [1.54, 1.807) is 4.88 Å². The van der Waals surface area contributed by atoms with E-state index >= 15 is 0 Å². The highest BCUT2D eigenvalue weighted by molar-refractivity contribution is 7.10. The van der Waals surface area contributed by atoms with E-state index in [0.717, 1.165) is 43.3 Å². The Bertz CT molecular complexity index is 534. The fourth-order valence-electron chi connectivity index (χ4n) is 2.34. The lowest BCUT2D eigenvalue weighted by Crippen LogP contribution is -2.29. The number of aromatic nitrogens is 2. The van der Waals surface area contributed by atoms with Gasteiger partial charge in [-0.3, -0.25) is 4.90 Å². The zero-order valence-corrected chi connectivity index (χ0v) is 12.7. The molecule has 0 atom stereocenters. The van der Waals surface area contributed by atoms with E-state index in [9.17, 15) is 0 Å². The second kappa shape index (κ2) is 5.98. The second-order valence-electron chi connectivity index (χ2n) is 4.81. The molecule has 3 rings (SSSR count). The Hall–Kier alpha value is -0.980. The first-order valence-corrected chi connectivity index (χ1v) is 8.35. The predicted molar refractivity (Wildman–Crippen MR) is 80.8 cm³/mol. The van der Waals surface area contributed by atoms with Gasteiger partial charge in [-0.25, -0.2) is 0 Å². The van der Waals surface area contributed by atoms with Gasteiger partial charge < -0.3 is 5.32 Å². The van der Waals surface area contributed by atoms with Crippen molar-refractivity contribution in [3.8, 4) is 0 Å². The number of nitrogens with zero attached hydrogens (tertiary/aromatic N) is 3. The minimum Gasteiger partial charge on any atom is -0.374 e. The summed E-state index contributed by atoms with van der Waals surface area (Å²) in [6.45, 7) is 6.23. The van der Waals surface area contributed by atoms with Crippen molar-refractivity contribution in [3.05, 3.63) is 27.6 Å². The highest BCUT2D eigenvalue weighted by Crippen LogP contribution is 2.26. The van der Waals surface area contributed by atoms with Gasteiger partial charge >= 0.3 is 0 Å². The average molecular weight is 294 g/mol. The lowest BCUT2D eigenvalue weighted by atomic mass is 10.1. The lowest BCUT2D eigenvalue weighted by molar-refractivity contribution is 0.245. The molecule has 4 nitrogen and oxygen atoms in total. The Kier molecular flexibility index (Phi) is 4.10. The van der Waals surface area contributed by atoms with E-state index in [4.69, 9.17) is 0 Å². The van der Waals surface area contributed by atoms with Crippen molar-refractivity contribution >= 4 is 27.9 Å². The number of fused-ring (bicyclic) bond motifs is 1. The average Bonchev–Trinajstić information content (AvgIpc) is 3.05. The molecule has 0 fully saturated rings. The summed E-state index contributed by atoms with van der Waals surface area (Å²) >= 11 is 3.35. The summed E-state index contributed by atoms with van der Waals surface area (Å²) in [7, 11) is 0. The third kappa shape index (κ3) is 2.96. The van der Waals surface area contributed by atoms with Crippen molar-refractivity contribution in [2.75, 3.05) is 18.4 Å². The van der Waals surface area contributed by atoms with Crippen LogP contribution in [0.25, 0.3) is 0 Å². The fourth-order valence-corrected chi connectivity index (χ4v) is 3.83. The number of nitrogens with one attached hydrogen (secondary N) is 1. The van der Waals surface area contributed by atoms with Crippen LogP contribution < -0.4 is 5.32 Å². The van der Waals surface area contributed by atoms with Gasteiger partial charge in [-0.1, -0.05) is 11.4 Å². The molecular weight excluding hydrogens is 276 g/mol.